The summed E-state index contributed by atoms with van der Waals surface area (Å²) in [6.45, 7) is 1.16. The van der Waals surface area contributed by atoms with Crippen molar-refractivity contribution in [1.82, 2.24) is 10.8 Å². The summed E-state index contributed by atoms with van der Waals surface area (Å²) in [6.07, 6.45) is -2.04. The number of esters is 1. The van der Waals surface area contributed by atoms with Gasteiger partial charge in [0.15, 0.2) is 6.04 Å². The summed E-state index contributed by atoms with van der Waals surface area (Å²) < 4.78 is 14.2. The Morgan fingerprint density at radius 2 is 1.78 bits per heavy atom. The van der Waals surface area contributed by atoms with Crippen molar-refractivity contribution in [1.29, 1.82) is 0 Å². The summed E-state index contributed by atoms with van der Waals surface area (Å²) in [5.41, 5.74) is 2.00. The lowest BCUT2D eigenvalue weighted by Crippen LogP contribution is -2.46. The molecule has 0 spiro atoms. The SMILES string of the molecule is CCOC(=O)[C@H](COC(=O)NO)NC(=O)OCc1ccccc1. The number of benzene rings is 1. The molecule has 0 aromatic heterocycles. The van der Waals surface area contributed by atoms with Crippen molar-refractivity contribution < 1.29 is 33.8 Å². The summed E-state index contributed by atoms with van der Waals surface area (Å²) in [4.78, 5) is 34.2. The van der Waals surface area contributed by atoms with Gasteiger partial charge < -0.3 is 19.5 Å². The molecule has 2 amide bonds. The first-order chi connectivity index (χ1) is 11.1. The largest absolute Gasteiger partial charge is 0.464 e. The standard InChI is InChI=1S/C14H18N2O7/c1-2-21-12(17)11(9-23-14(19)16-20)15-13(18)22-8-10-6-4-3-5-7-10/h3-7,11,20H,2,8-9H2,1H3,(H,15,18)(H,16,19)/t11-/m0/s1. The molecule has 0 aliphatic heterocycles. The molecule has 0 heterocycles. The lowest BCUT2D eigenvalue weighted by Gasteiger charge is -2.17. The Hall–Kier alpha value is -2.81. The van der Waals surface area contributed by atoms with Crippen LogP contribution in [-0.2, 0) is 25.6 Å². The fourth-order valence-corrected chi connectivity index (χ4v) is 1.51. The second-order valence-electron chi connectivity index (χ2n) is 4.22. The van der Waals surface area contributed by atoms with Crippen LogP contribution in [0.1, 0.15) is 12.5 Å². The lowest BCUT2D eigenvalue weighted by molar-refractivity contribution is -0.146. The zero-order valence-corrected chi connectivity index (χ0v) is 12.5. The van der Waals surface area contributed by atoms with Crippen molar-refractivity contribution in [3.63, 3.8) is 0 Å². The molecule has 3 N–H and O–H groups in total. The summed E-state index contributed by atoms with van der Waals surface area (Å²) in [6, 6.07) is 7.69. The van der Waals surface area contributed by atoms with Crippen molar-refractivity contribution in [3.05, 3.63) is 35.9 Å². The predicted octanol–water partition coefficient (Wildman–Crippen LogP) is 0.960. The van der Waals surface area contributed by atoms with E-state index in [1.54, 1.807) is 31.2 Å². The minimum atomic E-state index is -1.25. The molecule has 0 aliphatic rings. The summed E-state index contributed by atoms with van der Waals surface area (Å²) in [5.74, 6) is -0.796. The fourth-order valence-electron chi connectivity index (χ4n) is 1.51. The van der Waals surface area contributed by atoms with Gasteiger partial charge in [-0.2, -0.15) is 0 Å². The number of hydroxylamine groups is 1. The maximum absolute atomic E-state index is 11.7. The first kappa shape index (κ1) is 18.2. The fraction of sp³-hybridized carbons (Fsp3) is 0.357. The Kier molecular flexibility index (Phi) is 7.94. The number of ether oxygens (including phenoxy) is 3. The van der Waals surface area contributed by atoms with Gasteiger partial charge in [0.1, 0.15) is 13.2 Å². The van der Waals surface area contributed by atoms with Gasteiger partial charge in [0.25, 0.3) is 0 Å². The molecule has 0 saturated heterocycles. The average molecular weight is 326 g/mol. The minimum absolute atomic E-state index is 0.0141. The minimum Gasteiger partial charge on any atom is -0.464 e. The smallest absolute Gasteiger partial charge is 0.431 e. The number of hydrogen-bond donors (Lipinski definition) is 3. The molecule has 1 aromatic carbocycles. The van der Waals surface area contributed by atoms with E-state index in [4.69, 9.17) is 14.7 Å². The molecule has 126 valence electrons. The first-order valence-electron chi connectivity index (χ1n) is 6.77. The van der Waals surface area contributed by atoms with Crippen LogP contribution in [0.15, 0.2) is 30.3 Å². The van der Waals surface area contributed by atoms with Crippen LogP contribution in [0.4, 0.5) is 9.59 Å². The molecular formula is C14H18N2O7. The highest BCUT2D eigenvalue weighted by Crippen LogP contribution is 2.01. The highest BCUT2D eigenvalue weighted by Gasteiger charge is 2.24. The average Bonchev–Trinajstić information content (AvgIpc) is 2.57. The van der Waals surface area contributed by atoms with Gasteiger partial charge in [-0.1, -0.05) is 30.3 Å². The second kappa shape index (κ2) is 10.0. The van der Waals surface area contributed by atoms with Crippen molar-refractivity contribution >= 4 is 18.2 Å². The van der Waals surface area contributed by atoms with Gasteiger partial charge in [0, 0.05) is 0 Å². The molecule has 0 bridgehead atoms. The Labute approximate surface area is 132 Å². The normalized spacial score (nSPS) is 11.0. The molecule has 9 heteroatoms. The third kappa shape index (κ3) is 7.14. The van der Waals surface area contributed by atoms with Crippen molar-refractivity contribution in [3.8, 4) is 0 Å². The number of carbonyl (C=O) groups is 3. The van der Waals surface area contributed by atoms with Crippen molar-refractivity contribution in [2.24, 2.45) is 0 Å². The number of alkyl carbamates (subject to hydrolysis) is 1. The Morgan fingerprint density at radius 3 is 2.39 bits per heavy atom. The molecule has 0 radical (unpaired) electrons. The van der Waals surface area contributed by atoms with E-state index < -0.39 is 30.8 Å². The van der Waals surface area contributed by atoms with Crippen LogP contribution in [0, 0.1) is 0 Å². The van der Waals surface area contributed by atoms with Crippen LogP contribution >= 0.6 is 0 Å². The summed E-state index contributed by atoms with van der Waals surface area (Å²) in [5, 5.41) is 10.6. The van der Waals surface area contributed by atoms with Crippen LogP contribution in [0.5, 0.6) is 0 Å². The van der Waals surface area contributed by atoms with Gasteiger partial charge in [-0.15, -0.1) is 0 Å². The Bertz CT molecular complexity index is 521. The van der Waals surface area contributed by atoms with Gasteiger partial charge in [-0.3, -0.25) is 5.21 Å². The monoisotopic (exact) mass is 326 g/mol. The molecular weight excluding hydrogens is 308 g/mol. The molecule has 1 aromatic rings. The van der Waals surface area contributed by atoms with E-state index in [0.29, 0.717) is 0 Å². The second-order valence-corrected chi connectivity index (χ2v) is 4.22. The molecule has 9 nitrogen and oxygen atoms in total. The maximum atomic E-state index is 11.7. The third-order valence-corrected chi connectivity index (χ3v) is 2.55. The number of nitrogens with one attached hydrogen (secondary N) is 2. The quantitative estimate of drug-likeness (QED) is 0.295. The summed E-state index contributed by atoms with van der Waals surface area (Å²) >= 11 is 0. The van der Waals surface area contributed by atoms with Crippen LogP contribution < -0.4 is 10.8 Å². The van der Waals surface area contributed by atoms with Gasteiger partial charge >= 0.3 is 18.2 Å². The molecule has 0 aliphatic carbocycles. The number of rotatable bonds is 7. The van der Waals surface area contributed by atoms with E-state index in [2.05, 4.69) is 10.1 Å². The molecule has 0 unspecified atom stereocenters. The number of carbonyl (C=O) groups excluding carboxylic acids is 3. The van der Waals surface area contributed by atoms with Gasteiger partial charge in [0.2, 0.25) is 0 Å². The van der Waals surface area contributed by atoms with Crippen molar-refractivity contribution in [2.75, 3.05) is 13.2 Å². The van der Waals surface area contributed by atoms with E-state index in [1.807, 2.05) is 6.07 Å². The molecule has 23 heavy (non-hydrogen) atoms. The summed E-state index contributed by atoms with van der Waals surface area (Å²) in [7, 11) is 0. The lowest BCUT2D eigenvalue weighted by atomic mass is 10.2. The predicted molar refractivity (Wildman–Crippen MR) is 76.5 cm³/mol. The van der Waals surface area contributed by atoms with Crippen molar-refractivity contribution in [2.45, 2.75) is 19.6 Å². The Balaban J connectivity index is 2.51. The first-order valence-corrected chi connectivity index (χ1v) is 6.77. The molecule has 1 atom stereocenters. The van der Waals surface area contributed by atoms with Crippen LogP contribution in [0.25, 0.3) is 0 Å². The zero-order valence-electron chi connectivity index (χ0n) is 12.5. The van der Waals surface area contributed by atoms with Gasteiger partial charge in [-0.25, -0.2) is 19.9 Å². The maximum Gasteiger partial charge on any atom is 0.431 e. The van der Waals surface area contributed by atoms with E-state index in [9.17, 15) is 14.4 Å². The highest BCUT2D eigenvalue weighted by molar-refractivity contribution is 5.81. The van der Waals surface area contributed by atoms with E-state index >= 15 is 0 Å². The highest BCUT2D eigenvalue weighted by atomic mass is 16.6. The Morgan fingerprint density at radius 1 is 1.09 bits per heavy atom. The van der Waals surface area contributed by atoms with E-state index in [0.717, 1.165) is 5.56 Å². The zero-order chi connectivity index (χ0) is 17.1. The van der Waals surface area contributed by atoms with Crippen LogP contribution in [0.2, 0.25) is 0 Å². The van der Waals surface area contributed by atoms with Crippen LogP contribution in [0.3, 0.4) is 0 Å². The molecule has 1 rings (SSSR count). The van der Waals surface area contributed by atoms with Gasteiger partial charge in [-0.05, 0) is 12.5 Å². The van der Waals surface area contributed by atoms with Gasteiger partial charge in [0.05, 0.1) is 6.61 Å². The van der Waals surface area contributed by atoms with E-state index in [1.165, 1.54) is 5.48 Å². The number of hydrogen-bond acceptors (Lipinski definition) is 7. The topological polar surface area (TPSA) is 123 Å². The molecule has 0 fully saturated rings. The van der Waals surface area contributed by atoms with Crippen LogP contribution in [-0.4, -0.2) is 42.6 Å². The van der Waals surface area contributed by atoms with E-state index in [-0.39, 0.29) is 13.2 Å². The third-order valence-electron chi connectivity index (χ3n) is 2.55. The number of amides is 2. The molecule has 0 saturated carbocycles.